The van der Waals surface area contributed by atoms with Crippen LogP contribution in [0.2, 0.25) is 0 Å². The van der Waals surface area contributed by atoms with E-state index in [9.17, 15) is 14.4 Å². The van der Waals surface area contributed by atoms with Crippen molar-refractivity contribution >= 4 is 40.4 Å². The van der Waals surface area contributed by atoms with Crippen LogP contribution < -0.4 is 5.32 Å². The molecule has 1 fully saturated rings. The van der Waals surface area contributed by atoms with Gasteiger partial charge in [-0.05, 0) is 18.2 Å². The topological polar surface area (TPSA) is 75.7 Å². The van der Waals surface area contributed by atoms with Gasteiger partial charge in [-0.3, -0.25) is 14.4 Å². The molecule has 27 heavy (non-hydrogen) atoms. The van der Waals surface area contributed by atoms with E-state index in [0.29, 0.717) is 48.7 Å². The summed E-state index contributed by atoms with van der Waals surface area (Å²) in [4.78, 5) is 39.8. The zero-order chi connectivity index (χ0) is 19.0. The Bertz CT molecular complexity index is 980. The molecule has 2 aliphatic rings. The first kappa shape index (κ1) is 17.5. The Morgan fingerprint density at radius 2 is 1.52 bits per heavy atom. The number of benzene rings is 2. The number of hydrogen-bond donors (Lipinski definition) is 1. The summed E-state index contributed by atoms with van der Waals surface area (Å²) in [7, 11) is 0. The third-order valence-electron chi connectivity index (χ3n) is 4.68. The summed E-state index contributed by atoms with van der Waals surface area (Å²) < 4.78 is 5.26. The molecule has 0 unspecified atom stereocenters. The maximum atomic E-state index is 12.8. The lowest BCUT2D eigenvalue weighted by molar-refractivity contribution is -0.111. The molecule has 2 aromatic rings. The van der Waals surface area contributed by atoms with E-state index < -0.39 is 5.91 Å². The first-order valence-corrected chi connectivity index (χ1v) is 8.97. The van der Waals surface area contributed by atoms with E-state index in [1.54, 1.807) is 41.3 Å². The molecule has 0 spiro atoms. The van der Waals surface area contributed by atoms with Crippen molar-refractivity contribution in [3.63, 3.8) is 0 Å². The summed E-state index contributed by atoms with van der Waals surface area (Å²) in [6.07, 6.45) is 0. The molecule has 2 aromatic carbocycles. The van der Waals surface area contributed by atoms with Gasteiger partial charge in [0.05, 0.1) is 13.2 Å². The van der Waals surface area contributed by atoms with Crippen LogP contribution in [0.15, 0.2) is 42.5 Å². The molecular formula is C20H16N2O4S. The predicted molar refractivity (Wildman–Crippen MR) is 103 cm³/mol. The molecule has 0 saturated carbocycles. The quantitative estimate of drug-likeness (QED) is 0.652. The lowest BCUT2D eigenvalue weighted by atomic mass is 9.84. The van der Waals surface area contributed by atoms with E-state index in [1.807, 2.05) is 0 Å². The zero-order valence-corrected chi connectivity index (χ0v) is 15.2. The third kappa shape index (κ3) is 3.15. The number of amides is 1. The highest BCUT2D eigenvalue weighted by molar-refractivity contribution is 7.82. The zero-order valence-electron chi connectivity index (χ0n) is 14.4. The van der Waals surface area contributed by atoms with E-state index in [2.05, 4.69) is 5.32 Å². The minimum atomic E-state index is -0.415. The Hall–Kier alpha value is -2.90. The molecule has 0 bridgehead atoms. The van der Waals surface area contributed by atoms with Gasteiger partial charge in [0.25, 0.3) is 5.91 Å². The fourth-order valence-corrected chi connectivity index (χ4v) is 3.51. The number of thiocarbonyl (C=S) groups is 1. The molecular weight excluding hydrogens is 364 g/mol. The summed E-state index contributed by atoms with van der Waals surface area (Å²) in [5.41, 5.74) is 1.83. The van der Waals surface area contributed by atoms with Crippen LogP contribution in [-0.4, -0.2) is 53.7 Å². The third-order valence-corrected chi connectivity index (χ3v) is 5.12. The molecule has 6 nitrogen and oxygen atoms in total. The van der Waals surface area contributed by atoms with Gasteiger partial charge in [0, 0.05) is 41.0 Å². The highest BCUT2D eigenvalue weighted by atomic mass is 32.1. The summed E-state index contributed by atoms with van der Waals surface area (Å²) in [5.74, 6) is -0.837. The maximum Gasteiger partial charge on any atom is 0.283 e. The van der Waals surface area contributed by atoms with Crippen molar-refractivity contribution in [2.75, 3.05) is 31.6 Å². The summed E-state index contributed by atoms with van der Waals surface area (Å²) >= 11 is 5.25. The van der Waals surface area contributed by atoms with Gasteiger partial charge >= 0.3 is 0 Å². The van der Waals surface area contributed by atoms with Crippen molar-refractivity contribution in [1.82, 2.24) is 4.90 Å². The van der Waals surface area contributed by atoms with E-state index in [-0.39, 0.29) is 22.1 Å². The lowest BCUT2D eigenvalue weighted by Crippen LogP contribution is -2.44. The normalized spacial score (nSPS) is 15.8. The Kier molecular flexibility index (Phi) is 4.55. The number of hydrogen-bond acceptors (Lipinski definition) is 5. The minimum Gasteiger partial charge on any atom is -0.378 e. The van der Waals surface area contributed by atoms with Crippen molar-refractivity contribution in [3.8, 4) is 0 Å². The van der Waals surface area contributed by atoms with Crippen LogP contribution >= 0.6 is 12.2 Å². The van der Waals surface area contributed by atoms with E-state index in [4.69, 9.17) is 17.0 Å². The van der Waals surface area contributed by atoms with E-state index >= 15 is 0 Å². The van der Waals surface area contributed by atoms with Crippen molar-refractivity contribution in [2.45, 2.75) is 0 Å². The fourth-order valence-electron chi connectivity index (χ4n) is 3.27. The second kappa shape index (κ2) is 7.02. The van der Waals surface area contributed by atoms with Gasteiger partial charge in [0.15, 0.2) is 16.6 Å². The number of anilines is 1. The minimum absolute atomic E-state index is 0.184. The molecule has 7 heteroatoms. The van der Waals surface area contributed by atoms with Crippen LogP contribution in [0, 0.1) is 0 Å². The Morgan fingerprint density at radius 1 is 0.926 bits per heavy atom. The Labute approximate surface area is 161 Å². The maximum absolute atomic E-state index is 12.8. The standard InChI is InChI=1S/C20H16N2O4S/c23-17-13-3-1-2-4-14(13)18(24)16-11-12(5-6-15(16)17)21-19(25)20(27)22-7-9-26-10-8-22/h1-6,11H,7-10H2,(H,21,25). The molecule has 0 aromatic heterocycles. The van der Waals surface area contributed by atoms with Crippen LogP contribution in [0.1, 0.15) is 31.8 Å². The Morgan fingerprint density at radius 3 is 2.19 bits per heavy atom. The molecule has 1 heterocycles. The fraction of sp³-hybridized carbons (Fsp3) is 0.200. The molecule has 0 radical (unpaired) electrons. The van der Waals surface area contributed by atoms with Crippen LogP contribution in [0.3, 0.4) is 0 Å². The monoisotopic (exact) mass is 380 g/mol. The highest BCUT2D eigenvalue weighted by Crippen LogP contribution is 2.29. The summed E-state index contributed by atoms with van der Waals surface area (Å²) in [5, 5.41) is 2.72. The largest absolute Gasteiger partial charge is 0.378 e. The van der Waals surface area contributed by atoms with Crippen molar-refractivity contribution in [1.29, 1.82) is 0 Å². The van der Waals surface area contributed by atoms with Crippen molar-refractivity contribution < 1.29 is 19.1 Å². The smallest absolute Gasteiger partial charge is 0.283 e. The van der Waals surface area contributed by atoms with Crippen molar-refractivity contribution in [3.05, 3.63) is 64.7 Å². The van der Waals surface area contributed by atoms with Gasteiger partial charge in [0.2, 0.25) is 0 Å². The average molecular weight is 380 g/mol. The van der Waals surface area contributed by atoms with Crippen molar-refractivity contribution in [2.24, 2.45) is 0 Å². The van der Waals surface area contributed by atoms with Gasteiger partial charge < -0.3 is 15.0 Å². The Balaban J connectivity index is 1.58. The number of nitrogens with zero attached hydrogens (tertiary/aromatic N) is 1. The van der Waals surface area contributed by atoms with E-state index in [1.165, 1.54) is 6.07 Å². The van der Waals surface area contributed by atoms with Crippen LogP contribution in [0.25, 0.3) is 0 Å². The van der Waals surface area contributed by atoms with Crippen LogP contribution in [0.4, 0.5) is 5.69 Å². The lowest BCUT2D eigenvalue weighted by Gasteiger charge is -2.28. The number of morpholine rings is 1. The molecule has 1 amide bonds. The summed E-state index contributed by atoms with van der Waals surface area (Å²) in [6, 6.07) is 11.5. The number of ketones is 2. The second-order valence-electron chi connectivity index (χ2n) is 6.32. The van der Waals surface area contributed by atoms with Gasteiger partial charge in [-0.1, -0.05) is 36.5 Å². The van der Waals surface area contributed by atoms with Crippen LogP contribution in [0.5, 0.6) is 0 Å². The molecule has 0 atom stereocenters. The molecule has 1 N–H and O–H groups in total. The molecule has 136 valence electrons. The highest BCUT2D eigenvalue weighted by Gasteiger charge is 2.29. The number of ether oxygens (including phenoxy) is 1. The molecule has 1 saturated heterocycles. The molecule has 1 aliphatic carbocycles. The van der Waals surface area contributed by atoms with E-state index in [0.717, 1.165) is 0 Å². The van der Waals surface area contributed by atoms with Gasteiger partial charge in [-0.15, -0.1) is 0 Å². The molecule has 4 rings (SSSR count). The number of carbonyl (C=O) groups excluding carboxylic acids is 3. The van der Waals surface area contributed by atoms with Crippen LogP contribution in [-0.2, 0) is 9.53 Å². The number of rotatable bonds is 1. The number of carbonyl (C=O) groups is 3. The first-order chi connectivity index (χ1) is 13.1. The SMILES string of the molecule is O=C(Nc1ccc2c(c1)C(=O)c1ccccc1C2=O)C(=S)N1CCOCC1. The van der Waals surface area contributed by atoms with Gasteiger partial charge in [0.1, 0.15) is 0 Å². The predicted octanol–water partition coefficient (Wildman–Crippen LogP) is 2.06. The average Bonchev–Trinajstić information content (AvgIpc) is 2.72. The van der Waals surface area contributed by atoms with Gasteiger partial charge in [-0.2, -0.15) is 0 Å². The number of nitrogens with one attached hydrogen (secondary N) is 1. The summed E-state index contributed by atoms with van der Waals surface area (Å²) in [6.45, 7) is 2.20. The van der Waals surface area contributed by atoms with Gasteiger partial charge in [-0.25, -0.2) is 0 Å². The second-order valence-corrected chi connectivity index (χ2v) is 6.71. The number of fused-ring (bicyclic) bond motifs is 2. The first-order valence-electron chi connectivity index (χ1n) is 8.57. The molecule has 1 aliphatic heterocycles.